The monoisotopic (exact) mass is 262 g/mol. The summed E-state index contributed by atoms with van der Waals surface area (Å²) >= 11 is 0. The van der Waals surface area contributed by atoms with Crippen LogP contribution in [0.15, 0.2) is 24.3 Å². The Hall–Kier alpha value is -2.10. The van der Waals surface area contributed by atoms with E-state index in [1.54, 1.807) is 6.07 Å². The number of carboxylic acids is 1. The van der Waals surface area contributed by atoms with Crippen LogP contribution >= 0.6 is 0 Å². The normalized spacial score (nSPS) is 11.6. The highest BCUT2D eigenvalue weighted by molar-refractivity contribution is 5.86. The van der Waals surface area contributed by atoms with Crippen LogP contribution in [0.5, 0.6) is 5.75 Å². The summed E-state index contributed by atoms with van der Waals surface area (Å²) in [6.45, 7) is 7.47. The highest BCUT2D eigenvalue weighted by atomic mass is 16.5. The predicted octanol–water partition coefficient (Wildman–Crippen LogP) is 3.01. The van der Waals surface area contributed by atoms with E-state index in [2.05, 4.69) is 20.8 Å². The van der Waals surface area contributed by atoms with Gasteiger partial charge in [-0.25, -0.2) is 4.79 Å². The number of carbonyl (C=O) groups is 2. The Morgan fingerprint density at radius 1 is 1.26 bits per heavy atom. The van der Waals surface area contributed by atoms with E-state index >= 15 is 0 Å². The first kappa shape index (κ1) is 15.0. The smallest absolute Gasteiger partial charge is 0.328 e. The first-order valence-electron chi connectivity index (χ1n) is 5.94. The van der Waals surface area contributed by atoms with Gasteiger partial charge in [-0.15, -0.1) is 0 Å². The number of benzene rings is 1. The number of ether oxygens (including phenoxy) is 1. The van der Waals surface area contributed by atoms with Crippen LogP contribution in [0, 0.1) is 0 Å². The van der Waals surface area contributed by atoms with E-state index in [9.17, 15) is 9.59 Å². The van der Waals surface area contributed by atoms with E-state index in [0.29, 0.717) is 11.3 Å². The van der Waals surface area contributed by atoms with Crippen molar-refractivity contribution in [2.75, 3.05) is 0 Å². The molecule has 0 bridgehead atoms. The molecule has 4 nitrogen and oxygen atoms in total. The molecule has 0 spiro atoms. The molecule has 4 heteroatoms. The molecular formula is C15H18O4. The quantitative estimate of drug-likeness (QED) is 0.516. The third-order valence-corrected chi connectivity index (χ3v) is 2.53. The fourth-order valence-corrected chi connectivity index (χ4v) is 1.55. The Morgan fingerprint density at radius 2 is 1.89 bits per heavy atom. The lowest BCUT2D eigenvalue weighted by atomic mass is 9.86. The molecule has 0 aliphatic heterocycles. The van der Waals surface area contributed by atoms with Crippen LogP contribution in [0.4, 0.5) is 0 Å². The maximum absolute atomic E-state index is 11.0. The van der Waals surface area contributed by atoms with Gasteiger partial charge in [0.2, 0.25) is 0 Å². The van der Waals surface area contributed by atoms with Gasteiger partial charge in [-0.1, -0.05) is 26.8 Å². The summed E-state index contributed by atoms with van der Waals surface area (Å²) < 4.78 is 5.06. The minimum atomic E-state index is -1.05. The lowest BCUT2D eigenvalue weighted by Crippen LogP contribution is -2.12. The van der Waals surface area contributed by atoms with E-state index in [1.807, 2.05) is 12.1 Å². The molecule has 0 amide bonds. The van der Waals surface area contributed by atoms with Crippen molar-refractivity contribution < 1.29 is 19.4 Å². The Balaban J connectivity index is 3.25. The molecule has 1 N–H and O–H groups in total. The molecule has 0 fully saturated rings. The van der Waals surface area contributed by atoms with Gasteiger partial charge in [0.25, 0.3) is 0 Å². The molecule has 0 unspecified atom stereocenters. The van der Waals surface area contributed by atoms with Crippen LogP contribution in [0.2, 0.25) is 0 Å². The Labute approximate surface area is 112 Å². The molecule has 0 heterocycles. The van der Waals surface area contributed by atoms with Crippen LogP contribution in [0.3, 0.4) is 0 Å². The van der Waals surface area contributed by atoms with E-state index in [4.69, 9.17) is 9.84 Å². The van der Waals surface area contributed by atoms with E-state index in [-0.39, 0.29) is 5.41 Å². The molecule has 1 aromatic carbocycles. The van der Waals surface area contributed by atoms with Crippen LogP contribution in [0.1, 0.15) is 38.8 Å². The molecule has 0 aromatic heterocycles. The molecule has 102 valence electrons. The lowest BCUT2D eigenvalue weighted by Gasteiger charge is -2.20. The number of hydrogen-bond acceptors (Lipinski definition) is 3. The van der Waals surface area contributed by atoms with Crippen LogP contribution in [-0.4, -0.2) is 17.0 Å². The second kappa shape index (κ2) is 5.69. The maximum atomic E-state index is 11.0. The average molecular weight is 262 g/mol. The summed E-state index contributed by atoms with van der Waals surface area (Å²) in [6.07, 6.45) is 2.45. The summed E-state index contributed by atoms with van der Waals surface area (Å²) in [6, 6.07) is 5.39. The zero-order valence-corrected chi connectivity index (χ0v) is 11.6. The van der Waals surface area contributed by atoms with Gasteiger partial charge in [0.15, 0.2) is 0 Å². The Bertz CT molecular complexity index is 521. The minimum Gasteiger partial charge on any atom is -0.478 e. The van der Waals surface area contributed by atoms with Crippen molar-refractivity contribution in [1.29, 1.82) is 0 Å². The van der Waals surface area contributed by atoms with Crippen molar-refractivity contribution in [2.24, 2.45) is 0 Å². The molecule has 0 atom stereocenters. The molecule has 1 aromatic rings. The largest absolute Gasteiger partial charge is 0.478 e. The number of rotatable bonds is 3. The Morgan fingerprint density at radius 3 is 2.37 bits per heavy atom. The fraction of sp³-hybridized carbons (Fsp3) is 0.333. The summed E-state index contributed by atoms with van der Waals surface area (Å²) in [4.78, 5) is 21.6. The first-order chi connectivity index (χ1) is 8.70. The third kappa shape index (κ3) is 4.58. The number of carboxylic acid groups (broad SMARTS) is 1. The van der Waals surface area contributed by atoms with Crippen LogP contribution in [0.25, 0.3) is 6.08 Å². The van der Waals surface area contributed by atoms with E-state index in [1.165, 1.54) is 13.0 Å². The molecule has 0 radical (unpaired) electrons. The summed E-state index contributed by atoms with van der Waals surface area (Å²) in [5.74, 6) is -1.12. The third-order valence-electron chi connectivity index (χ3n) is 2.53. The van der Waals surface area contributed by atoms with Gasteiger partial charge < -0.3 is 9.84 Å². The zero-order valence-electron chi connectivity index (χ0n) is 11.6. The van der Waals surface area contributed by atoms with Crippen molar-refractivity contribution >= 4 is 18.0 Å². The molecule has 0 saturated carbocycles. The molecular weight excluding hydrogens is 244 g/mol. The molecule has 1 rings (SSSR count). The first-order valence-corrected chi connectivity index (χ1v) is 5.94. The minimum absolute atomic E-state index is 0.0689. The molecule has 19 heavy (non-hydrogen) atoms. The number of aliphatic carboxylic acids is 1. The van der Waals surface area contributed by atoms with Crippen LogP contribution < -0.4 is 4.74 Å². The zero-order chi connectivity index (χ0) is 14.6. The van der Waals surface area contributed by atoms with Crippen molar-refractivity contribution in [1.82, 2.24) is 0 Å². The highest BCUT2D eigenvalue weighted by Gasteiger charge is 2.15. The summed E-state index contributed by atoms with van der Waals surface area (Å²) in [5, 5.41) is 8.68. The van der Waals surface area contributed by atoms with Gasteiger partial charge >= 0.3 is 11.9 Å². The molecule has 0 aliphatic rings. The maximum Gasteiger partial charge on any atom is 0.328 e. The predicted molar refractivity (Wildman–Crippen MR) is 73.1 cm³/mol. The summed E-state index contributed by atoms with van der Waals surface area (Å²) in [7, 11) is 0. The standard InChI is InChI=1S/C15H18O4/c1-10(16)19-13-7-6-12(15(2,3)4)9-11(13)5-8-14(17)18/h5-9H,1-4H3,(H,17,18). The van der Waals surface area contributed by atoms with Crippen molar-refractivity contribution in [3.05, 3.63) is 35.4 Å². The highest BCUT2D eigenvalue weighted by Crippen LogP contribution is 2.29. The van der Waals surface area contributed by atoms with E-state index < -0.39 is 11.9 Å². The van der Waals surface area contributed by atoms with Gasteiger partial charge in [-0.05, 0) is 29.2 Å². The van der Waals surface area contributed by atoms with Crippen molar-refractivity contribution in [3.8, 4) is 5.75 Å². The number of hydrogen-bond donors (Lipinski definition) is 1. The van der Waals surface area contributed by atoms with Gasteiger partial charge in [0, 0.05) is 18.6 Å². The Kier molecular flexibility index (Phi) is 4.48. The topological polar surface area (TPSA) is 63.6 Å². The van der Waals surface area contributed by atoms with Crippen molar-refractivity contribution in [2.45, 2.75) is 33.1 Å². The van der Waals surface area contributed by atoms with Gasteiger partial charge in [-0.3, -0.25) is 4.79 Å². The number of carbonyl (C=O) groups excluding carboxylic acids is 1. The van der Waals surface area contributed by atoms with Crippen molar-refractivity contribution in [3.63, 3.8) is 0 Å². The van der Waals surface area contributed by atoms with Crippen LogP contribution in [-0.2, 0) is 15.0 Å². The molecule has 0 aliphatic carbocycles. The summed E-state index contributed by atoms with van der Waals surface area (Å²) in [5.41, 5.74) is 1.54. The van der Waals surface area contributed by atoms with Gasteiger partial charge in [0.1, 0.15) is 5.75 Å². The molecule has 0 saturated heterocycles. The van der Waals surface area contributed by atoms with E-state index in [0.717, 1.165) is 11.6 Å². The second-order valence-electron chi connectivity index (χ2n) is 5.27. The van der Waals surface area contributed by atoms with Gasteiger partial charge in [-0.2, -0.15) is 0 Å². The average Bonchev–Trinajstić information content (AvgIpc) is 2.25. The number of esters is 1. The SMILES string of the molecule is CC(=O)Oc1ccc(C(C)(C)C)cc1C=CC(=O)O. The lowest BCUT2D eigenvalue weighted by molar-refractivity contribution is -0.132. The van der Waals surface area contributed by atoms with Gasteiger partial charge in [0.05, 0.1) is 0 Å². The second-order valence-corrected chi connectivity index (χ2v) is 5.27. The fourth-order valence-electron chi connectivity index (χ4n) is 1.55.